The first-order valence-electron chi connectivity index (χ1n) is 6.67. The maximum absolute atomic E-state index is 11.9. The number of para-hydroxylation sites is 1. The summed E-state index contributed by atoms with van der Waals surface area (Å²) in [7, 11) is 1.68. The summed E-state index contributed by atoms with van der Waals surface area (Å²) >= 11 is 0. The zero-order valence-corrected chi connectivity index (χ0v) is 11.7. The van der Waals surface area contributed by atoms with E-state index in [1.165, 1.54) is 0 Å². The van der Waals surface area contributed by atoms with Crippen LogP contribution in [0.5, 0.6) is 5.75 Å². The van der Waals surface area contributed by atoms with Crippen molar-refractivity contribution in [3.05, 3.63) is 29.8 Å². The molecule has 0 aromatic heterocycles. The zero-order chi connectivity index (χ0) is 14.7. The molecule has 0 saturated heterocycles. The maximum atomic E-state index is 11.9. The van der Waals surface area contributed by atoms with Gasteiger partial charge in [-0.3, -0.25) is 9.59 Å². The Bertz CT molecular complexity index is 514. The highest BCUT2D eigenvalue weighted by Crippen LogP contribution is 2.39. The Hall–Kier alpha value is -2.04. The maximum Gasteiger partial charge on any atom is 0.307 e. The molecule has 0 bridgehead atoms. The third-order valence-corrected chi connectivity index (χ3v) is 3.58. The molecule has 2 unspecified atom stereocenters. The molecular weight excluding hydrogens is 258 g/mol. The summed E-state index contributed by atoms with van der Waals surface area (Å²) in [6.07, 6.45) is 0.456. The second-order valence-corrected chi connectivity index (χ2v) is 5.16. The number of nitrogens with zero attached hydrogens (tertiary/aromatic N) is 1. The van der Waals surface area contributed by atoms with Crippen LogP contribution in [-0.2, 0) is 9.59 Å². The first-order valence-corrected chi connectivity index (χ1v) is 6.67. The normalized spacial score (nSPS) is 20.3. The second kappa shape index (κ2) is 5.94. The lowest BCUT2D eigenvalue weighted by atomic mass is 10.2. The molecule has 0 spiro atoms. The lowest BCUT2D eigenvalue weighted by Crippen LogP contribution is -2.32. The number of rotatable bonds is 6. The van der Waals surface area contributed by atoms with Crippen molar-refractivity contribution < 1.29 is 19.4 Å². The third kappa shape index (κ3) is 3.29. The number of likely N-dealkylation sites (N-methyl/N-ethyl adjacent to an activating group) is 1. The Morgan fingerprint density at radius 2 is 2.05 bits per heavy atom. The van der Waals surface area contributed by atoms with Crippen molar-refractivity contribution in [3.63, 3.8) is 0 Å². The molecule has 20 heavy (non-hydrogen) atoms. The number of carbonyl (C=O) groups excluding carboxylic acids is 1. The highest BCUT2D eigenvalue weighted by Gasteiger charge is 2.49. The first kappa shape index (κ1) is 14.4. The van der Waals surface area contributed by atoms with Crippen molar-refractivity contribution in [1.29, 1.82) is 0 Å². The van der Waals surface area contributed by atoms with Crippen molar-refractivity contribution in [2.75, 3.05) is 20.2 Å². The first-order chi connectivity index (χ1) is 9.50. The summed E-state index contributed by atoms with van der Waals surface area (Å²) < 4.78 is 5.62. The van der Waals surface area contributed by atoms with Crippen LogP contribution < -0.4 is 4.74 Å². The van der Waals surface area contributed by atoms with E-state index >= 15 is 0 Å². The van der Waals surface area contributed by atoms with Gasteiger partial charge in [-0.2, -0.15) is 0 Å². The van der Waals surface area contributed by atoms with Gasteiger partial charge in [0.15, 0.2) is 0 Å². The summed E-state index contributed by atoms with van der Waals surface area (Å²) in [4.78, 5) is 24.2. The Balaban J connectivity index is 1.76. The highest BCUT2D eigenvalue weighted by atomic mass is 16.5. The summed E-state index contributed by atoms with van der Waals surface area (Å²) in [6.45, 7) is 2.82. The minimum Gasteiger partial charge on any atom is -0.491 e. The largest absolute Gasteiger partial charge is 0.491 e. The number of hydrogen-bond acceptors (Lipinski definition) is 3. The quantitative estimate of drug-likeness (QED) is 0.856. The van der Waals surface area contributed by atoms with Crippen molar-refractivity contribution >= 4 is 11.9 Å². The van der Waals surface area contributed by atoms with Gasteiger partial charge in [-0.25, -0.2) is 0 Å². The third-order valence-electron chi connectivity index (χ3n) is 3.58. The van der Waals surface area contributed by atoms with Gasteiger partial charge < -0.3 is 14.7 Å². The molecule has 1 aromatic rings. The molecule has 5 nitrogen and oxygen atoms in total. The molecular formula is C15H19NO4. The van der Waals surface area contributed by atoms with Crippen LogP contribution in [0.2, 0.25) is 0 Å². The van der Waals surface area contributed by atoms with Gasteiger partial charge >= 0.3 is 5.97 Å². The molecule has 1 fully saturated rings. The predicted molar refractivity (Wildman–Crippen MR) is 73.5 cm³/mol. The van der Waals surface area contributed by atoms with E-state index in [2.05, 4.69) is 0 Å². The fourth-order valence-corrected chi connectivity index (χ4v) is 2.15. The van der Waals surface area contributed by atoms with Crippen LogP contribution in [0.15, 0.2) is 24.3 Å². The van der Waals surface area contributed by atoms with Gasteiger partial charge in [0.1, 0.15) is 12.4 Å². The van der Waals surface area contributed by atoms with Gasteiger partial charge in [0.25, 0.3) is 0 Å². The number of aryl methyl sites for hydroxylation is 1. The van der Waals surface area contributed by atoms with Crippen molar-refractivity contribution in [2.45, 2.75) is 13.3 Å². The van der Waals surface area contributed by atoms with Crippen LogP contribution in [0, 0.1) is 18.8 Å². The van der Waals surface area contributed by atoms with Crippen molar-refractivity contribution in [2.24, 2.45) is 11.8 Å². The van der Waals surface area contributed by atoms with Crippen LogP contribution in [0.3, 0.4) is 0 Å². The summed E-state index contributed by atoms with van der Waals surface area (Å²) in [5.41, 5.74) is 1.05. The number of carboxylic acid groups (broad SMARTS) is 1. The molecule has 2 rings (SSSR count). The topological polar surface area (TPSA) is 66.8 Å². The average molecular weight is 277 g/mol. The lowest BCUT2D eigenvalue weighted by molar-refractivity contribution is -0.141. The van der Waals surface area contributed by atoms with Gasteiger partial charge in [-0.1, -0.05) is 18.2 Å². The number of amides is 1. The fourth-order valence-electron chi connectivity index (χ4n) is 2.15. The molecule has 2 atom stereocenters. The monoisotopic (exact) mass is 277 g/mol. The van der Waals surface area contributed by atoms with E-state index in [1.807, 2.05) is 31.2 Å². The molecule has 0 aliphatic heterocycles. The molecule has 1 N–H and O–H groups in total. The fraction of sp³-hybridized carbons (Fsp3) is 0.467. The molecule has 5 heteroatoms. The van der Waals surface area contributed by atoms with Crippen LogP contribution >= 0.6 is 0 Å². The Kier molecular flexibility index (Phi) is 4.27. The van der Waals surface area contributed by atoms with Crippen LogP contribution in [0.4, 0.5) is 0 Å². The van der Waals surface area contributed by atoms with Gasteiger partial charge in [0.05, 0.1) is 18.4 Å². The van der Waals surface area contributed by atoms with Gasteiger partial charge in [0.2, 0.25) is 5.91 Å². The van der Waals surface area contributed by atoms with Gasteiger partial charge in [-0.15, -0.1) is 0 Å². The smallest absolute Gasteiger partial charge is 0.307 e. The Morgan fingerprint density at radius 1 is 1.35 bits per heavy atom. The molecule has 1 aliphatic carbocycles. The molecule has 1 aromatic carbocycles. The van der Waals surface area contributed by atoms with E-state index in [0.717, 1.165) is 11.3 Å². The second-order valence-electron chi connectivity index (χ2n) is 5.16. The van der Waals surface area contributed by atoms with E-state index in [-0.39, 0.29) is 11.8 Å². The minimum absolute atomic E-state index is 0.106. The lowest BCUT2D eigenvalue weighted by Gasteiger charge is -2.18. The van der Waals surface area contributed by atoms with E-state index in [4.69, 9.17) is 9.84 Å². The SMILES string of the molecule is Cc1ccccc1OCCN(C)C(=O)C1CC1C(=O)O. The molecule has 0 heterocycles. The number of carbonyl (C=O) groups is 2. The van der Waals surface area contributed by atoms with Gasteiger partial charge in [0, 0.05) is 7.05 Å². The Labute approximate surface area is 118 Å². The van der Waals surface area contributed by atoms with Crippen LogP contribution in [0.1, 0.15) is 12.0 Å². The standard InChI is InChI=1S/C15H19NO4/c1-10-5-3-4-6-13(10)20-8-7-16(2)14(17)11-9-12(11)15(18)19/h3-6,11-12H,7-9H2,1-2H3,(H,18,19). The van der Waals surface area contributed by atoms with Crippen molar-refractivity contribution in [3.8, 4) is 5.75 Å². The summed E-state index contributed by atoms with van der Waals surface area (Å²) in [5, 5.41) is 8.81. The van der Waals surface area contributed by atoms with E-state index in [9.17, 15) is 9.59 Å². The number of aliphatic carboxylic acids is 1. The van der Waals surface area contributed by atoms with Crippen LogP contribution in [-0.4, -0.2) is 42.1 Å². The molecule has 1 amide bonds. The average Bonchev–Trinajstić information content (AvgIpc) is 3.20. The molecule has 1 aliphatic rings. The molecule has 1 saturated carbocycles. The highest BCUT2D eigenvalue weighted by molar-refractivity contribution is 5.89. The van der Waals surface area contributed by atoms with Gasteiger partial charge in [-0.05, 0) is 25.0 Å². The van der Waals surface area contributed by atoms with E-state index in [1.54, 1.807) is 11.9 Å². The minimum atomic E-state index is -0.882. The summed E-state index contributed by atoms with van der Waals surface area (Å²) in [6, 6.07) is 7.69. The summed E-state index contributed by atoms with van der Waals surface area (Å²) in [5.74, 6) is -1.03. The van der Waals surface area contributed by atoms with Crippen molar-refractivity contribution in [1.82, 2.24) is 4.90 Å². The number of hydrogen-bond donors (Lipinski definition) is 1. The number of benzene rings is 1. The predicted octanol–water partition coefficient (Wildman–Crippen LogP) is 1.55. The molecule has 108 valence electrons. The Morgan fingerprint density at radius 3 is 2.65 bits per heavy atom. The number of carboxylic acids is 1. The molecule has 0 radical (unpaired) electrons. The number of ether oxygens (including phenoxy) is 1. The van der Waals surface area contributed by atoms with Crippen LogP contribution in [0.25, 0.3) is 0 Å². The van der Waals surface area contributed by atoms with E-state index < -0.39 is 11.9 Å². The zero-order valence-electron chi connectivity index (χ0n) is 11.7. The van der Waals surface area contributed by atoms with E-state index in [0.29, 0.717) is 19.6 Å².